The topological polar surface area (TPSA) is 138 Å². The van der Waals surface area contributed by atoms with Crippen LogP contribution in [0.1, 0.15) is 12.8 Å². The van der Waals surface area contributed by atoms with E-state index >= 15 is 0 Å². The van der Waals surface area contributed by atoms with Crippen LogP contribution in [0, 0.1) is 0 Å². The maximum Gasteiger partial charge on any atom is 0.357 e. The molecule has 1 aromatic carbocycles. The van der Waals surface area contributed by atoms with E-state index in [1.54, 1.807) is 13.7 Å². The van der Waals surface area contributed by atoms with Gasteiger partial charge in [-0.2, -0.15) is 0 Å². The molecular weight excluding hydrogens is 440 g/mol. The second-order valence-electron chi connectivity index (χ2n) is 7.60. The Hall–Kier alpha value is -0.706. The smallest absolute Gasteiger partial charge is 0.357 e. The van der Waals surface area contributed by atoms with E-state index in [0.717, 1.165) is 5.19 Å². The molecule has 1 rings (SSSR count). The SMILES string of the molecule is CO[Si](CCCOCC(O)CO)(CCCOCC(O)CO)O[Si](C)(O)c1ccccc1. The zero-order chi connectivity index (χ0) is 23.2. The monoisotopic (exact) mass is 478 g/mol. The van der Waals surface area contributed by atoms with Crippen molar-refractivity contribution in [1.82, 2.24) is 0 Å². The van der Waals surface area contributed by atoms with Gasteiger partial charge in [0.25, 0.3) is 0 Å². The molecule has 5 N–H and O–H groups in total. The molecule has 0 aromatic heterocycles. The van der Waals surface area contributed by atoms with E-state index in [9.17, 15) is 15.0 Å². The third kappa shape index (κ3) is 11.1. The van der Waals surface area contributed by atoms with Gasteiger partial charge in [-0.25, -0.2) is 0 Å². The Kier molecular flexibility index (Phi) is 13.9. The van der Waals surface area contributed by atoms with Gasteiger partial charge in [-0.3, -0.25) is 0 Å². The molecule has 0 fully saturated rings. The summed E-state index contributed by atoms with van der Waals surface area (Å²) in [4.78, 5) is 11.2. The van der Waals surface area contributed by atoms with E-state index in [1.165, 1.54) is 0 Å². The van der Waals surface area contributed by atoms with Crippen molar-refractivity contribution >= 4 is 22.3 Å². The van der Waals surface area contributed by atoms with Gasteiger partial charge < -0.3 is 43.2 Å². The average Bonchev–Trinajstić information content (AvgIpc) is 2.78. The average molecular weight is 479 g/mol. The van der Waals surface area contributed by atoms with Gasteiger partial charge in [0.1, 0.15) is 12.2 Å². The third-order valence-corrected chi connectivity index (χ3v) is 12.3. The van der Waals surface area contributed by atoms with Gasteiger partial charge in [-0.1, -0.05) is 30.3 Å². The lowest BCUT2D eigenvalue weighted by molar-refractivity contribution is 0.00543. The number of ether oxygens (including phenoxy) is 2. The maximum atomic E-state index is 11.2. The number of hydrogen-bond acceptors (Lipinski definition) is 9. The van der Waals surface area contributed by atoms with E-state index in [0.29, 0.717) is 38.1 Å². The Balaban J connectivity index is 2.73. The van der Waals surface area contributed by atoms with Crippen LogP contribution in [0.4, 0.5) is 0 Å². The summed E-state index contributed by atoms with van der Waals surface area (Å²) >= 11 is 0. The van der Waals surface area contributed by atoms with Gasteiger partial charge in [0.2, 0.25) is 0 Å². The Labute approximate surface area is 186 Å². The molecule has 0 bridgehead atoms. The first kappa shape index (κ1) is 28.3. The molecule has 180 valence electrons. The van der Waals surface area contributed by atoms with Crippen LogP contribution in [0.25, 0.3) is 0 Å². The van der Waals surface area contributed by atoms with Gasteiger partial charge >= 0.3 is 17.1 Å². The minimum Gasteiger partial charge on any atom is -0.411 e. The predicted octanol–water partition coefficient (Wildman–Crippen LogP) is -0.417. The van der Waals surface area contributed by atoms with Gasteiger partial charge in [0.05, 0.1) is 26.4 Å². The highest BCUT2D eigenvalue weighted by atomic mass is 28.5. The highest BCUT2D eigenvalue weighted by Gasteiger charge is 2.44. The normalized spacial score (nSPS) is 17.6. The highest BCUT2D eigenvalue weighted by molar-refractivity contribution is 6.87. The molecule has 0 spiro atoms. The third-order valence-electron chi connectivity index (χ3n) is 4.80. The van der Waals surface area contributed by atoms with Crippen molar-refractivity contribution in [1.29, 1.82) is 0 Å². The van der Waals surface area contributed by atoms with Crippen LogP contribution in [0.2, 0.25) is 18.6 Å². The van der Waals surface area contributed by atoms with Crippen molar-refractivity contribution in [2.45, 2.75) is 43.7 Å². The summed E-state index contributed by atoms with van der Waals surface area (Å²) in [7, 11) is -4.45. The molecule has 0 aliphatic rings. The second-order valence-corrected chi connectivity index (χ2v) is 14.2. The van der Waals surface area contributed by atoms with Crippen molar-refractivity contribution in [3.05, 3.63) is 30.3 Å². The first-order valence-corrected chi connectivity index (χ1v) is 15.1. The molecule has 11 heteroatoms. The Morgan fingerprint density at radius 2 is 1.35 bits per heavy atom. The molecule has 3 unspecified atom stereocenters. The van der Waals surface area contributed by atoms with Crippen molar-refractivity contribution in [2.24, 2.45) is 0 Å². The Morgan fingerprint density at radius 1 is 0.871 bits per heavy atom. The molecule has 0 aliphatic carbocycles. The number of aliphatic hydroxyl groups excluding tert-OH is 4. The first-order valence-electron chi connectivity index (χ1n) is 10.5. The zero-order valence-electron chi connectivity index (χ0n) is 18.5. The first-order chi connectivity index (χ1) is 14.8. The second kappa shape index (κ2) is 15.2. The van der Waals surface area contributed by atoms with E-state index in [-0.39, 0.29) is 26.4 Å². The van der Waals surface area contributed by atoms with Gasteiger partial charge in [-0.05, 0) is 36.7 Å². The summed E-state index contributed by atoms with van der Waals surface area (Å²) in [5.74, 6) is 0. The van der Waals surface area contributed by atoms with Crippen LogP contribution in [0.5, 0.6) is 0 Å². The fourth-order valence-electron chi connectivity index (χ4n) is 3.07. The molecule has 31 heavy (non-hydrogen) atoms. The molecule has 0 heterocycles. The highest BCUT2D eigenvalue weighted by Crippen LogP contribution is 2.26. The summed E-state index contributed by atoms with van der Waals surface area (Å²) in [5.41, 5.74) is 0. The lowest BCUT2D eigenvalue weighted by Crippen LogP contribution is -2.58. The predicted molar refractivity (Wildman–Crippen MR) is 120 cm³/mol. The summed E-state index contributed by atoms with van der Waals surface area (Å²) < 4.78 is 23.1. The Bertz CT molecular complexity index is 557. The van der Waals surface area contributed by atoms with Crippen LogP contribution >= 0.6 is 0 Å². The lowest BCUT2D eigenvalue weighted by atomic mass is 10.4. The molecule has 0 aliphatic heterocycles. The quantitative estimate of drug-likeness (QED) is 0.141. The van der Waals surface area contributed by atoms with Crippen molar-refractivity contribution in [3.63, 3.8) is 0 Å². The fraction of sp³-hybridized carbons (Fsp3) is 0.700. The van der Waals surface area contributed by atoms with E-state index in [2.05, 4.69) is 0 Å². The molecule has 9 nitrogen and oxygen atoms in total. The van der Waals surface area contributed by atoms with Gasteiger partial charge in [-0.15, -0.1) is 0 Å². The maximum absolute atomic E-state index is 11.2. The number of benzene rings is 1. The van der Waals surface area contributed by atoms with Gasteiger partial charge in [0, 0.05) is 20.3 Å². The van der Waals surface area contributed by atoms with E-state index in [1.807, 2.05) is 30.3 Å². The fourth-order valence-corrected chi connectivity index (χ4v) is 10.4. The van der Waals surface area contributed by atoms with Crippen LogP contribution in [0.15, 0.2) is 30.3 Å². The van der Waals surface area contributed by atoms with Crippen LogP contribution < -0.4 is 5.19 Å². The van der Waals surface area contributed by atoms with Crippen molar-refractivity contribution in [2.75, 3.05) is 46.8 Å². The van der Waals surface area contributed by atoms with E-state index < -0.39 is 29.3 Å². The van der Waals surface area contributed by atoms with Crippen LogP contribution in [-0.2, 0) is 18.0 Å². The zero-order valence-corrected chi connectivity index (χ0v) is 20.5. The van der Waals surface area contributed by atoms with Crippen LogP contribution in [0.3, 0.4) is 0 Å². The molecule has 1 aromatic rings. The Morgan fingerprint density at radius 3 is 1.77 bits per heavy atom. The molecule has 0 saturated carbocycles. The summed E-state index contributed by atoms with van der Waals surface area (Å²) in [6.45, 7) is 1.87. The summed E-state index contributed by atoms with van der Waals surface area (Å²) in [6.07, 6.45) is -0.583. The van der Waals surface area contributed by atoms with E-state index in [4.69, 9.17) is 28.2 Å². The molecular formula is C20H38O9Si2. The number of rotatable bonds is 18. The minimum atomic E-state index is -3.21. The molecule has 0 amide bonds. The largest absolute Gasteiger partial charge is 0.411 e. The lowest BCUT2D eigenvalue weighted by Gasteiger charge is -2.36. The molecule has 0 saturated heterocycles. The summed E-state index contributed by atoms with van der Waals surface area (Å²) in [5, 5.41) is 37.2. The van der Waals surface area contributed by atoms with Gasteiger partial charge in [0.15, 0.2) is 0 Å². The number of aliphatic hydroxyl groups is 4. The molecule has 0 radical (unpaired) electrons. The minimum absolute atomic E-state index is 0.0520. The number of hydrogen-bond donors (Lipinski definition) is 5. The van der Waals surface area contributed by atoms with Crippen LogP contribution in [-0.4, -0.2) is 101 Å². The standard InChI is InChI=1S/C20H38O9Si2/c1-26-31(12-6-10-27-16-18(23)14-21,13-7-11-28-17-19(24)15-22)29-30(2,25)20-8-4-3-5-9-20/h3-5,8-9,18-19,21-25H,6-7,10-17H2,1-2H3. The van der Waals surface area contributed by atoms with Crippen molar-refractivity contribution < 1.29 is 43.2 Å². The summed E-state index contributed by atoms with van der Waals surface area (Å²) in [6, 6.07) is 10.4. The van der Waals surface area contributed by atoms with Crippen molar-refractivity contribution in [3.8, 4) is 0 Å². The molecule has 3 atom stereocenters.